The van der Waals surface area contributed by atoms with Gasteiger partial charge < -0.3 is 36.7 Å². The molecule has 324 valence electrons. The standard InChI is InChI=1S/C49H60N4O8/c1-4-5-6-32-7-10-34(11-8-32)35-12-14-36(15-13-35)43(55)29-38(19-20-50)48(57)53(3)47-37-16-18-46(61-24-22-52)41(28-37)40-27-33(9-17-45(40)60-23-21-51)26-39(49(58)59)30-42(54)31(2)25-44(47)56/h7-18,27-28,31,38-39,47H,4-6,19-26,29-30,50-52H2,1-3H3,(H,58,59)/t31-,38-,39-,47+/m1/s1. The Hall–Kier alpha value is -5.69. The maximum atomic E-state index is 14.6. The molecule has 61 heavy (non-hydrogen) atoms. The molecular formula is C49H60N4O8. The normalized spacial score (nSPS) is 17.2. The number of hydrogen-bond donors (Lipinski definition) is 4. The van der Waals surface area contributed by atoms with Gasteiger partial charge in [0.15, 0.2) is 11.6 Å². The molecule has 5 rings (SSSR count). The van der Waals surface area contributed by atoms with E-state index in [1.165, 1.54) is 17.5 Å². The van der Waals surface area contributed by atoms with Gasteiger partial charge in [-0.3, -0.25) is 24.0 Å². The maximum Gasteiger partial charge on any atom is 0.307 e. The molecule has 4 aromatic carbocycles. The zero-order chi connectivity index (χ0) is 44.1. The van der Waals surface area contributed by atoms with Gasteiger partial charge in [0.05, 0.1) is 5.92 Å². The summed E-state index contributed by atoms with van der Waals surface area (Å²) >= 11 is 0. The molecule has 0 fully saturated rings. The molecular weight excluding hydrogens is 773 g/mol. The third-order valence-corrected chi connectivity index (χ3v) is 11.4. The lowest BCUT2D eigenvalue weighted by molar-refractivity contribution is -0.145. The summed E-state index contributed by atoms with van der Waals surface area (Å²) in [6, 6.07) is 25.0. The predicted molar refractivity (Wildman–Crippen MR) is 236 cm³/mol. The summed E-state index contributed by atoms with van der Waals surface area (Å²) in [5, 5.41) is 10.2. The molecule has 4 bridgehead atoms. The summed E-state index contributed by atoms with van der Waals surface area (Å²) in [6.45, 7) is 4.71. The van der Waals surface area contributed by atoms with Crippen molar-refractivity contribution in [3.8, 4) is 33.8 Å². The van der Waals surface area contributed by atoms with Crippen molar-refractivity contribution in [3.05, 3.63) is 107 Å². The number of unbranched alkanes of at least 4 members (excludes halogenated alkanes) is 1. The van der Waals surface area contributed by atoms with Crippen LogP contribution in [0, 0.1) is 17.8 Å². The van der Waals surface area contributed by atoms with Gasteiger partial charge in [0.1, 0.15) is 36.5 Å². The first-order valence-corrected chi connectivity index (χ1v) is 21.3. The number of amides is 1. The number of rotatable bonds is 18. The Balaban J connectivity index is 1.51. The van der Waals surface area contributed by atoms with E-state index in [-0.39, 0.29) is 76.5 Å². The average Bonchev–Trinajstić information content (AvgIpc) is 3.26. The highest BCUT2D eigenvalue weighted by Crippen LogP contribution is 2.41. The molecule has 0 spiro atoms. The largest absolute Gasteiger partial charge is 0.492 e. The number of carboxylic acid groups (broad SMARTS) is 1. The van der Waals surface area contributed by atoms with Gasteiger partial charge in [-0.1, -0.05) is 80.9 Å². The summed E-state index contributed by atoms with van der Waals surface area (Å²) in [7, 11) is 1.52. The van der Waals surface area contributed by atoms with E-state index in [0.29, 0.717) is 39.3 Å². The first-order chi connectivity index (χ1) is 29.4. The van der Waals surface area contributed by atoms with Crippen LogP contribution in [0.2, 0.25) is 0 Å². The van der Waals surface area contributed by atoms with Crippen molar-refractivity contribution in [1.82, 2.24) is 4.90 Å². The smallest absolute Gasteiger partial charge is 0.307 e. The van der Waals surface area contributed by atoms with E-state index in [2.05, 4.69) is 31.2 Å². The second-order valence-electron chi connectivity index (χ2n) is 16.0. The van der Waals surface area contributed by atoms with E-state index in [4.69, 9.17) is 26.7 Å². The minimum Gasteiger partial charge on any atom is -0.492 e. The molecule has 0 aromatic heterocycles. The van der Waals surface area contributed by atoms with Crippen LogP contribution in [-0.2, 0) is 32.0 Å². The lowest BCUT2D eigenvalue weighted by atomic mass is 9.84. The second-order valence-corrected chi connectivity index (χ2v) is 16.0. The summed E-state index contributed by atoms with van der Waals surface area (Å²) in [5.74, 6) is -4.50. The minimum atomic E-state index is -1.19. The number of benzene rings is 4. The van der Waals surface area contributed by atoms with Crippen molar-refractivity contribution in [3.63, 3.8) is 0 Å². The van der Waals surface area contributed by atoms with Crippen LogP contribution >= 0.6 is 0 Å². The number of carbonyl (C=O) groups excluding carboxylic acids is 4. The van der Waals surface area contributed by atoms with Gasteiger partial charge in [0.25, 0.3) is 0 Å². The number of nitrogens with zero attached hydrogens (tertiary/aromatic N) is 1. The number of ketones is 3. The molecule has 0 aliphatic heterocycles. The highest BCUT2D eigenvalue weighted by Gasteiger charge is 2.36. The highest BCUT2D eigenvalue weighted by atomic mass is 16.5. The van der Waals surface area contributed by atoms with Gasteiger partial charge in [0, 0.05) is 67.9 Å². The first-order valence-electron chi connectivity index (χ1n) is 21.3. The summed E-state index contributed by atoms with van der Waals surface area (Å²) in [4.78, 5) is 70.3. The van der Waals surface area contributed by atoms with Crippen molar-refractivity contribution >= 4 is 29.2 Å². The molecule has 4 aromatic rings. The lowest BCUT2D eigenvalue weighted by Crippen LogP contribution is -2.41. The number of nitrogens with two attached hydrogens (primary N) is 3. The Kier molecular flexibility index (Phi) is 16.9. The quantitative estimate of drug-likeness (QED) is 0.0788. The molecule has 1 aliphatic rings. The lowest BCUT2D eigenvalue weighted by Gasteiger charge is -2.32. The van der Waals surface area contributed by atoms with Crippen molar-refractivity contribution < 1.29 is 38.6 Å². The summed E-state index contributed by atoms with van der Waals surface area (Å²) in [6.07, 6.45) is 2.87. The van der Waals surface area contributed by atoms with Crippen LogP contribution in [0.4, 0.5) is 0 Å². The van der Waals surface area contributed by atoms with Crippen LogP contribution in [0.1, 0.15) is 85.5 Å². The minimum absolute atomic E-state index is 0.0584. The first kappa shape index (κ1) is 46.4. The van der Waals surface area contributed by atoms with Gasteiger partial charge >= 0.3 is 5.97 Å². The zero-order valence-electron chi connectivity index (χ0n) is 35.6. The number of likely N-dealkylation sites (N-methyl/N-ethyl adjacent to an activating group) is 1. The van der Waals surface area contributed by atoms with Crippen molar-refractivity contribution in [2.45, 2.75) is 71.3 Å². The molecule has 0 unspecified atom stereocenters. The molecule has 7 N–H and O–H groups in total. The Morgan fingerprint density at radius 2 is 1.38 bits per heavy atom. The van der Waals surface area contributed by atoms with Gasteiger partial charge in [-0.25, -0.2) is 0 Å². The van der Waals surface area contributed by atoms with E-state index in [1.807, 2.05) is 12.1 Å². The molecule has 0 saturated carbocycles. The molecule has 12 nitrogen and oxygen atoms in total. The van der Waals surface area contributed by atoms with Gasteiger partial charge in [0.2, 0.25) is 5.91 Å². The molecule has 12 heteroatoms. The van der Waals surface area contributed by atoms with Crippen LogP contribution in [0.15, 0.2) is 84.9 Å². The monoisotopic (exact) mass is 832 g/mol. The van der Waals surface area contributed by atoms with Crippen molar-refractivity contribution in [1.29, 1.82) is 0 Å². The van der Waals surface area contributed by atoms with Gasteiger partial charge in [-0.2, -0.15) is 0 Å². The third kappa shape index (κ3) is 12.0. The fourth-order valence-electron chi connectivity index (χ4n) is 7.92. The van der Waals surface area contributed by atoms with E-state index in [9.17, 15) is 29.1 Å². The Morgan fingerprint density at radius 1 is 0.770 bits per heavy atom. The van der Waals surface area contributed by atoms with E-state index in [1.54, 1.807) is 55.5 Å². The van der Waals surface area contributed by atoms with Gasteiger partial charge in [-0.15, -0.1) is 0 Å². The van der Waals surface area contributed by atoms with Gasteiger partial charge in [-0.05, 0) is 84.3 Å². The molecule has 0 saturated heterocycles. The third-order valence-electron chi connectivity index (χ3n) is 11.4. The average molecular weight is 833 g/mol. The van der Waals surface area contributed by atoms with Crippen LogP contribution in [-0.4, -0.2) is 79.1 Å². The molecule has 0 heterocycles. The Bertz CT molecular complexity index is 2150. The van der Waals surface area contributed by atoms with Crippen molar-refractivity contribution in [2.24, 2.45) is 35.0 Å². The zero-order valence-corrected chi connectivity index (χ0v) is 35.6. The number of carboxylic acids is 1. The number of carbonyl (C=O) groups is 5. The maximum absolute atomic E-state index is 14.6. The Labute approximate surface area is 358 Å². The second kappa shape index (κ2) is 22.2. The number of fused-ring (bicyclic) bond motifs is 5. The number of hydrogen-bond acceptors (Lipinski definition) is 10. The van der Waals surface area contributed by atoms with E-state index >= 15 is 0 Å². The topological polar surface area (TPSA) is 205 Å². The molecule has 1 aliphatic carbocycles. The predicted octanol–water partition coefficient (Wildman–Crippen LogP) is 6.59. The fraction of sp³-hybridized carbons (Fsp3) is 0.408. The van der Waals surface area contributed by atoms with Crippen LogP contribution in [0.3, 0.4) is 0 Å². The van der Waals surface area contributed by atoms with E-state index < -0.39 is 41.5 Å². The number of Topliss-reactive ketones (excluding diaryl/α,β-unsaturated/α-hetero) is 3. The Morgan fingerprint density at radius 3 is 1.97 bits per heavy atom. The number of aliphatic carboxylic acids is 1. The molecule has 4 atom stereocenters. The highest BCUT2D eigenvalue weighted by molar-refractivity contribution is 6.00. The van der Waals surface area contributed by atoms with Crippen LogP contribution in [0.5, 0.6) is 11.5 Å². The number of ether oxygens (including phenoxy) is 2. The molecule has 0 radical (unpaired) electrons. The SMILES string of the molecule is CCCCc1ccc(-c2ccc(C(=O)C[C@@H](CCN)C(=O)N(C)[C@@H]3C(=O)C[C@@H](C)C(=O)C[C@H](C(=O)O)Cc4ccc(OCCN)c(c4)-c4cc3ccc4OCCN)cc2)cc1. The number of aryl methyl sites for hydroxylation is 1. The van der Waals surface area contributed by atoms with Crippen LogP contribution in [0.25, 0.3) is 22.3 Å². The summed E-state index contributed by atoms with van der Waals surface area (Å²) < 4.78 is 12.2. The molecule has 1 amide bonds. The van der Waals surface area contributed by atoms with Crippen LogP contribution < -0.4 is 26.7 Å². The summed E-state index contributed by atoms with van der Waals surface area (Å²) in [5.41, 5.74) is 23.6. The van der Waals surface area contributed by atoms with E-state index in [0.717, 1.165) is 30.4 Å². The fourth-order valence-corrected chi connectivity index (χ4v) is 7.92. The van der Waals surface area contributed by atoms with Crippen molar-refractivity contribution in [2.75, 3.05) is 39.9 Å².